The lowest BCUT2D eigenvalue weighted by molar-refractivity contribution is -0.704. The lowest BCUT2D eigenvalue weighted by atomic mass is 10.0. The van der Waals surface area contributed by atoms with Crippen LogP contribution in [0.5, 0.6) is 0 Å². The van der Waals surface area contributed by atoms with Crippen LogP contribution in [-0.4, -0.2) is 4.57 Å². The smallest absolute Gasteiger partial charge is 0.234 e. The van der Waals surface area contributed by atoms with Gasteiger partial charge >= 0.3 is 0 Å². The van der Waals surface area contributed by atoms with Crippen molar-refractivity contribution in [2.75, 3.05) is 0 Å². The van der Waals surface area contributed by atoms with Crippen molar-refractivity contribution in [3.8, 4) is 0 Å². The molecule has 242 valence electrons. The first-order valence-electron chi connectivity index (χ1n) is 19.4. The molecule has 0 N–H and O–H groups in total. The minimum absolute atomic E-state index is 1.20. The van der Waals surface area contributed by atoms with E-state index in [0.29, 0.717) is 0 Å². The van der Waals surface area contributed by atoms with Crippen LogP contribution < -0.4 is 4.57 Å². The van der Waals surface area contributed by atoms with Gasteiger partial charge in [-0.25, -0.2) is 9.13 Å². The van der Waals surface area contributed by atoms with Gasteiger partial charge in [-0.05, 0) is 25.7 Å². The van der Waals surface area contributed by atoms with E-state index < -0.39 is 0 Å². The Morgan fingerprint density at radius 2 is 0.756 bits per heavy atom. The number of unbranched alkanes of at least 4 members (excludes halogenated alkanes) is 27. The Hall–Kier alpha value is -0.790. The predicted octanol–water partition coefficient (Wildman–Crippen LogP) is 13.1. The second kappa shape index (κ2) is 30.7. The average molecular weight is 574 g/mol. The molecule has 1 aromatic rings. The molecule has 0 aliphatic heterocycles. The zero-order chi connectivity index (χ0) is 29.5. The first-order valence-corrected chi connectivity index (χ1v) is 19.4. The molecule has 0 unspecified atom stereocenters. The highest BCUT2D eigenvalue weighted by Gasteiger charge is 2.16. The van der Waals surface area contributed by atoms with Crippen molar-refractivity contribution in [3.63, 3.8) is 0 Å². The molecule has 2 nitrogen and oxygen atoms in total. The minimum Gasteiger partial charge on any atom is -0.234 e. The van der Waals surface area contributed by atoms with Crippen molar-refractivity contribution in [1.82, 2.24) is 4.57 Å². The molecule has 0 bridgehead atoms. The fourth-order valence-electron chi connectivity index (χ4n) is 6.48. The van der Waals surface area contributed by atoms with Crippen molar-refractivity contribution >= 4 is 0 Å². The molecule has 0 radical (unpaired) electrons. The molecule has 41 heavy (non-hydrogen) atoms. The summed E-state index contributed by atoms with van der Waals surface area (Å²) in [6.07, 6.45) is 49.0. The van der Waals surface area contributed by atoms with E-state index in [0.717, 1.165) is 0 Å². The first kappa shape index (κ1) is 38.2. The van der Waals surface area contributed by atoms with Crippen molar-refractivity contribution in [3.05, 3.63) is 18.2 Å². The molecule has 0 spiro atoms. The van der Waals surface area contributed by atoms with Gasteiger partial charge in [0, 0.05) is 6.42 Å². The number of nitrogens with zero attached hydrogens (tertiary/aromatic N) is 2. The fourth-order valence-corrected chi connectivity index (χ4v) is 6.48. The van der Waals surface area contributed by atoms with Gasteiger partial charge < -0.3 is 0 Å². The Kier molecular flexibility index (Phi) is 28.6. The zero-order valence-electron chi connectivity index (χ0n) is 28.9. The highest BCUT2D eigenvalue weighted by atomic mass is 15.1. The average Bonchev–Trinajstić information content (AvgIpc) is 3.37. The lowest BCUT2D eigenvalue weighted by Gasteiger charge is -2.07. The van der Waals surface area contributed by atoms with Crippen LogP contribution in [0.4, 0.5) is 0 Å². The maximum absolute atomic E-state index is 2.61. The van der Waals surface area contributed by atoms with Crippen molar-refractivity contribution in [1.29, 1.82) is 0 Å². The number of imidazole rings is 1. The Morgan fingerprint density at radius 3 is 1.15 bits per heavy atom. The van der Waals surface area contributed by atoms with Crippen LogP contribution in [0.15, 0.2) is 12.4 Å². The molecule has 0 aliphatic carbocycles. The van der Waals surface area contributed by atoms with Crippen LogP contribution in [0.3, 0.4) is 0 Å². The summed E-state index contributed by atoms with van der Waals surface area (Å²) in [5.74, 6) is 1.60. The third kappa shape index (κ3) is 23.4. The maximum Gasteiger partial charge on any atom is 0.256 e. The fraction of sp³-hybridized carbons (Fsp3) is 0.923. The molecule has 0 atom stereocenters. The Balaban J connectivity index is 2.07. The van der Waals surface area contributed by atoms with E-state index in [1.807, 2.05) is 0 Å². The normalized spacial score (nSPS) is 11.6. The van der Waals surface area contributed by atoms with Gasteiger partial charge in [-0.3, -0.25) is 0 Å². The molecular weight excluding hydrogens is 496 g/mol. The van der Waals surface area contributed by atoms with Gasteiger partial charge in [-0.1, -0.05) is 188 Å². The number of rotatable bonds is 33. The molecule has 2 heteroatoms. The van der Waals surface area contributed by atoms with Crippen LogP contribution >= 0.6 is 0 Å². The summed E-state index contributed by atoms with van der Waals surface area (Å²) in [5, 5.41) is 0. The van der Waals surface area contributed by atoms with Crippen molar-refractivity contribution in [2.24, 2.45) is 0 Å². The van der Waals surface area contributed by atoms with Crippen LogP contribution in [0.1, 0.15) is 219 Å². The molecule has 1 heterocycles. The largest absolute Gasteiger partial charge is 0.256 e. The number of aromatic nitrogens is 2. The SMILES string of the molecule is CCCCCCCCCCCCCCCCCCCc1n(CCCC)cc[n+]1CCCCCCCCCCCCC. The van der Waals surface area contributed by atoms with Gasteiger partial charge in [-0.15, -0.1) is 0 Å². The van der Waals surface area contributed by atoms with E-state index in [4.69, 9.17) is 0 Å². The highest BCUT2D eigenvalue weighted by molar-refractivity contribution is 4.84. The monoisotopic (exact) mass is 574 g/mol. The molecule has 0 saturated heterocycles. The van der Waals surface area contributed by atoms with Crippen molar-refractivity contribution < 1.29 is 4.57 Å². The molecule has 0 aliphatic rings. The molecule has 0 saturated carbocycles. The molecular formula is C39H77N2+. The minimum atomic E-state index is 1.20. The van der Waals surface area contributed by atoms with E-state index in [2.05, 4.69) is 42.3 Å². The van der Waals surface area contributed by atoms with Crippen LogP contribution in [-0.2, 0) is 19.5 Å². The number of aryl methyl sites for hydroxylation is 2. The first-order chi connectivity index (χ1) is 20.3. The van der Waals surface area contributed by atoms with E-state index >= 15 is 0 Å². The van der Waals surface area contributed by atoms with Crippen molar-refractivity contribution in [2.45, 2.75) is 233 Å². The quantitative estimate of drug-likeness (QED) is 0.0584. The Morgan fingerprint density at radius 1 is 0.415 bits per heavy atom. The lowest BCUT2D eigenvalue weighted by Crippen LogP contribution is -2.37. The number of hydrogen-bond acceptors (Lipinski definition) is 0. The predicted molar refractivity (Wildman–Crippen MR) is 184 cm³/mol. The summed E-state index contributed by atoms with van der Waals surface area (Å²) in [6.45, 7) is 9.37. The second-order valence-corrected chi connectivity index (χ2v) is 13.4. The Labute approximate surface area is 259 Å². The molecule has 1 aromatic heterocycles. The second-order valence-electron chi connectivity index (χ2n) is 13.4. The van der Waals surface area contributed by atoms with Crippen LogP contribution in [0.2, 0.25) is 0 Å². The summed E-state index contributed by atoms with van der Waals surface area (Å²) in [7, 11) is 0. The maximum atomic E-state index is 2.61. The summed E-state index contributed by atoms with van der Waals surface area (Å²) < 4.78 is 5.18. The molecule has 0 amide bonds. The summed E-state index contributed by atoms with van der Waals surface area (Å²) in [4.78, 5) is 0. The Bertz CT molecular complexity index is 634. The summed E-state index contributed by atoms with van der Waals surface area (Å²) in [5.41, 5.74) is 0. The van der Waals surface area contributed by atoms with E-state index in [1.54, 1.807) is 5.82 Å². The van der Waals surface area contributed by atoms with Crippen LogP contribution in [0.25, 0.3) is 0 Å². The third-order valence-electron chi connectivity index (χ3n) is 9.35. The number of hydrogen-bond donors (Lipinski definition) is 0. The molecule has 0 aromatic carbocycles. The summed E-state index contributed by atoms with van der Waals surface area (Å²) >= 11 is 0. The zero-order valence-corrected chi connectivity index (χ0v) is 28.9. The molecule has 1 rings (SSSR count). The van der Waals surface area contributed by atoms with E-state index in [9.17, 15) is 0 Å². The highest BCUT2D eigenvalue weighted by Crippen LogP contribution is 2.15. The van der Waals surface area contributed by atoms with Gasteiger partial charge in [-0.2, -0.15) is 0 Å². The van der Waals surface area contributed by atoms with E-state index in [1.165, 1.54) is 212 Å². The van der Waals surface area contributed by atoms with Gasteiger partial charge in [0.05, 0.1) is 13.1 Å². The van der Waals surface area contributed by atoms with Gasteiger partial charge in [0.15, 0.2) is 0 Å². The standard InChI is InChI=1S/C39H77N2/c1-4-7-10-12-14-16-18-19-20-21-22-23-24-26-28-30-32-34-39-40(35-9-6-3)37-38-41(39)36-33-31-29-27-25-17-15-13-11-8-5-2/h37-38H,4-36H2,1-3H3/q+1. The van der Waals surface area contributed by atoms with Gasteiger partial charge in [0.1, 0.15) is 12.4 Å². The van der Waals surface area contributed by atoms with Gasteiger partial charge in [0.25, 0.3) is 5.82 Å². The van der Waals surface area contributed by atoms with Gasteiger partial charge in [0.2, 0.25) is 0 Å². The van der Waals surface area contributed by atoms with Crippen LogP contribution in [0, 0.1) is 0 Å². The summed E-state index contributed by atoms with van der Waals surface area (Å²) in [6, 6.07) is 0. The topological polar surface area (TPSA) is 8.81 Å². The third-order valence-corrected chi connectivity index (χ3v) is 9.35. The van der Waals surface area contributed by atoms with E-state index in [-0.39, 0.29) is 0 Å². The molecule has 0 fully saturated rings.